The van der Waals surface area contributed by atoms with Crippen LogP contribution in [0.3, 0.4) is 0 Å². The monoisotopic (exact) mass is 198 g/mol. The highest BCUT2D eigenvalue weighted by Gasteiger charge is 2.20. The molecule has 1 heterocycles. The lowest BCUT2D eigenvalue weighted by atomic mass is 10.0. The van der Waals surface area contributed by atoms with Crippen molar-refractivity contribution >= 4 is 0 Å². The van der Waals surface area contributed by atoms with Gasteiger partial charge in [0.05, 0.1) is 17.3 Å². The third-order valence-electron chi connectivity index (χ3n) is 2.19. The van der Waals surface area contributed by atoms with Crippen LogP contribution in [0.2, 0.25) is 0 Å². The van der Waals surface area contributed by atoms with E-state index in [1.54, 1.807) is 7.11 Å². The van der Waals surface area contributed by atoms with E-state index in [2.05, 4.69) is 5.16 Å². The van der Waals surface area contributed by atoms with Crippen molar-refractivity contribution in [3.05, 3.63) is 17.5 Å². The Labute approximate surface area is 84.4 Å². The van der Waals surface area contributed by atoms with E-state index in [1.165, 1.54) is 0 Å². The maximum Gasteiger partial charge on any atom is 0.153 e. The van der Waals surface area contributed by atoms with Gasteiger partial charge < -0.3 is 15.0 Å². The molecule has 0 aliphatic carbocycles. The van der Waals surface area contributed by atoms with Gasteiger partial charge in [0.15, 0.2) is 5.76 Å². The van der Waals surface area contributed by atoms with E-state index < -0.39 is 0 Å². The lowest BCUT2D eigenvalue weighted by Gasteiger charge is -2.20. The Kier molecular flexibility index (Phi) is 3.29. The number of nitrogens with two attached hydrogens (primary N) is 1. The summed E-state index contributed by atoms with van der Waals surface area (Å²) >= 11 is 0. The molecule has 0 spiro atoms. The molecule has 0 fully saturated rings. The van der Waals surface area contributed by atoms with Crippen molar-refractivity contribution in [2.24, 2.45) is 5.73 Å². The molecule has 0 saturated heterocycles. The zero-order chi connectivity index (χ0) is 10.8. The Morgan fingerprint density at radius 2 is 2.29 bits per heavy atom. The van der Waals surface area contributed by atoms with Crippen molar-refractivity contribution < 1.29 is 9.26 Å². The highest BCUT2D eigenvalue weighted by molar-refractivity contribution is 5.10. The molecule has 1 aromatic rings. The van der Waals surface area contributed by atoms with Gasteiger partial charge in [-0.05, 0) is 20.8 Å². The summed E-state index contributed by atoms with van der Waals surface area (Å²) in [5, 5.41) is 3.94. The molecule has 0 aliphatic rings. The first-order valence-electron chi connectivity index (χ1n) is 4.71. The molecule has 1 atom stereocenters. The highest BCUT2D eigenvalue weighted by Crippen LogP contribution is 2.18. The zero-order valence-electron chi connectivity index (χ0n) is 9.20. The summed E-state index contributed by atoms with van der Waals surface area (Å²) in [6.07, 6.45) is 0.722. The molecule has 1 rings (SSSR count). The Bertz CT molecular complexity index is 292. The van der Waals surface area contributed by atoms with Crippen LogP contribution in [-0.4, -0.2) is 17.9 Å². The summed E-state index contributed by atoms with van der Waals surface area (Å²) in [7, 11) is 1.69. The number of nitrogens with zero attached hydrogens (tertiary/aromatic N) is 1. The molecule has 4 heteroatoms. The van der Waals surface area contributed by atoms with Gasteiger partial charge in [0.25, 0.3) is 0 Å². The summed E-state index contributed by atoms with van der Waals surface area (Å²) in [5.74, 6) is 0.715. The van der Waals surface area contributed by atoms with Crippen molar-refractivity contribution in [3.8, 4) is 0 Å². The number of rotatable bonds is 4. The van der Waals surface area contributed by atoms with E-state index in [-0.39, 0.29) is 11.6 Å². The SMILES string of the molecule is COC(C)(C)Cc1cc(C(C)N)on1. The van der Waals surface area contributed by atoms with Crippen LogP contribution in [0.4, 0.5) is 0 Å². The summed E-state index contributed by atoms with van der Waals surface area (Å²) in [5.41, 5.74) is 6.32. The van der Waals surface area contributed by atoms with Gasteiger partial charge in [-0.25, -0.2) is 0 Å². The van der Waals surface area contributed by atoms with Crippen molar-refractivity contribution in [1.29, 1.82) is 0 Å². The van der Waals surface area contributed by atoms with Crippen LogP contribution in [0, 0.1) is 0 Å². The van der Waals surface area contributed by atoms with Crippen molar-refractivity contribution in [2.75, 3.05) is 7.11 Å². The van der Waals surface area contributed by atoms with Crippen molar-refractivity contribution in [3.63, 3.8) is 0 Å². The lowest BCUT2D eigenvalue weighted by Crippen LogP contribution is -2.25. The van der Waals surface area contributed by atoms with E-state index in [4.69, 9.17) is 15.0 Å². The molecule has 0 saturated carbocycles. The van der Waals surface area contributed by atoms with Gasteiger partial charge in [-0.3, -0.25) is 0 Å². The molecule has 1 aromatic heterocycles. The molecule has 14 heavy (non-hydrogen) atoms. The Balaban J connectivity index is 2.69. The Morgan fingerprint density at radius 1 is 1.64 bits per heavy atom. The molecular weight excluding hydrogens is 180 g/mol. The largest absolute Gasteiger partial charge is 0.378 e. The van der Waals surface area contributed by atoms with Gasteiger partial charge in [-0.2, -0.15) is 0 Å². The molecule has 1 unspecified atom stereocenters. The number of hydrogen-bond acceptors (Lipinski definition) is 4. The van der Waals surface area contributed by atoms with Crippen LogP contribution in [0.1, 0.15) is 38.3 Å². The summed E-state index contributed by atoms with van der Waals surface area (Å²) in [4.78, 5) is 0. The summed E-state index contributed by atoms with van der Waals surface area (Å²) < 4.78 is 10.4. The molecule has 80 valence electrons. The van der Waals surface area contributed by atoms with Gasteiger partial charge in [0.1, 0.15) is 0 Å². The first-order chi connectivity index (χ1) is 6.44. The minimum absolute atomic E-state index is 0.109. The van der Waals surface area contributed by atoms with E-state index in [1.807, 2.05) is 26.8 Å². The van der Waals surface area contributed by atoms with Gasteiger partial charge >= 0.3 is 0 Å². The number of aromatic nitrogens is 1. The van der Waals surface area contributed by atoms with Crippen LogP contribution in [-0.2, 0) is 11.2 Å². The van der Waals surface area contributed by atoms with E-state index in [0.29, 0.717) is 5.76 Å². The smallest absolute Gasteiger partial charge is 0.153 e. The first-order valence-corrected chi connectivity index (χ1v) is 4.71. The van der Waals surface area contributed by atoms with Crippen LogP contribution < -0.4 is 5.73 Å². The van der Waals surface area contributed by atoms with Crippen LogP contribution in [0.25, 0.3) is 0 Å². The second kappa shape index (κ2) is 4.11. The van der Waals surface area contributed by atoms with E-state index in [9.17, 15) is 0 Å². The van der Waals surface area contributed by atoms with Gasteiger partial charge in [-0.1, -0.05) is 5.16 Å². The fourth-order valence-corrected chi connectivity index (χ4v) is 1.13. The van der Waals surface area contributed by atoms with Crippen molar-refractivity contribution in [2.45, 2.75) is 38.8 Å². The fourth-order valence-electron chi connectivity index (χ4n) is 1.13. The average Bonchev–Trinajstić information content (AvgIpc) is 2.52. The molecule has 0 amide bonds. The van der Waals surface area contributed by atoms with Gasteiger partial charge in [0, 0.05) is 19.6 Å². The third kappa shape index (κ3) is 2.82. The predicted molar refractivity (Wildman–Crippen MR) is 53.9 cm³/mol. The molecular formula is C10H18N2O2. The second-order valence-electron chi connectivity index (χ2n) is 4.15. The Morgan fingerprint density at radius 3 is 2.71 bits per heavy atom. The molecule has 4 nitrogen and oxygen atoms in total. The normalized spacial score (nSPS) is 14.4. The maximum absolute atomic E-state index is 5.66. The standard InChI is InChI=1S/C10H18N2O2/c1-7(11)9-5-8(12-14-9)6-10(2,3)13-4/h5,7H,6,11H2,1-4H3. The number of hydrogen-bond donors (Lipinski definition) is 1. The minimum Gasteiger partial charge on any atom is -0.378 e. The average molecular weight is 198 g/mol. The van der Waals surface area contributed by atoms with Gasteiger partial charge in [0.2, 0.25) is 0 Å². The van der Waals surface area contributed by atoms with Gasteiger partial charge in [-0.15, -0.1) is 0 Å². The number of ether oxygens (including phenoxy) is 1. The summed E-state index contributed by atoms with van der Waals surface area (Å²) in [6.45, 7) is 5.88. The first kappa shape index (κ1) is 11.2. The predicted octanol–water partition coefficient (Wildman–Crippen LogP) is 1.66. The van der Waals surface area contributed by atoms with Crippen LogP contribution in [0.15, 0.2) is 10.6 Å². The van der Waals surface area contributed by atoms with E-state index >= 15 is 0 Å². The fraction of sp³-hybridized carbons (Fsp3) is 0.700. The van der Waals surface area contributed by atoms with Crippen LogP contribution in [0.5, 0.6) is 0 Å². The molecule has 2 N–H and O–H groups in total. The molecule has 0 bridgehead atoms. The topological polar surface area (TPSA) is 61.3 Å². The molecule has 0 aliphatic heterocycles. The van der Waals surface area contributed by atoms with Crippen LogP contribution >= 0.6 is 0 Å². The quantitative estimate of drug-likeness (QED) is 0.799. The molecule has 0 radical (unpaired) electrons. The second-order valence-corrected chi connectivity index (χ2v) is 4.15. The number of methoxy groups -OCH3 is 1. The molecule has 0 aromatic carbocycles. The highest BCUT2D eigenvalue weighted by atomic mass is 16.5. The maximum atomic E-state index is 5.66. The third-order valence-corrected chi connectivity index (χ3v) is 2.19. The van der Waals surface area contributed by atoms with Crippen molar-refractivity contribution in [1.82, 2.24) is 5.16 Å². The Hall–Kier alpha value is -0.870. The summed E-state index contributed by atoms with van der Waals surface area (Å²) in [6, 6.07) is 1.77. The van der Waals surface area contributed by atoms with E-state index in [0.717, 1.165) is 12.1 Å². The zero-order valence-corrected chi connectivity index (χ0v) is 9.20. The minimum atomic E-state index is -0.216. The lowest BCUT2D eigenvalue weighted by molar-refractivity contribution is 0.0218.